The van der Waals surface area contributed by atoms with Crippen LogP contribution >= 0.6 is 0 Å². The maximum atomic E-state index is 14.1. The van der Waals surface area contributed by atoms with Crippen LogP contribution in [0.4, 0.5) is 10.1 Å². The quantitative estimate of drug-likeness (QED) is 0.563. The van der Waals surface area contributed by atoms with E-state index in [1.54, 1.807) is 12.1 Å². The Hall–Kier alpha value is -2.79. The highest BCUT2D eigenvalue weighted by Gasteiger charge is 2.69. The second kappa shape index (κ2) is 7.13. The van der Waals surface area contributed by atoms with Crippen molar-refractivity contribution < 1.29 is 18.4 Å². The first-order valence-corrected chi connectivity index (χ1v) is 12.8. The van der Waals surface area contributed by atoms with Gasteiger partial charge in [0.25, 0.3) is 5.89 Å². The topological polar surface area (TPSA) is 92.2 Å². The van der Waals surface area contributed by atoms with Crippen molar-refractivity contribution in [3.8, 4) is 6.07 Å². The third kappa shape index (κ3) is 3.42. The lowest BCUT2D eigenvalue weighted by Crippen LogP contribution is -2.65. The number of rotatable bonds is 7. The molecule has 1 aromatic heterocycles. The van der Waals surface area contributed by atoms with Gasteiger partial charge in [0.1, 0.15) is 11.3 Å². The Morgan fingerprint density at radius 3 is 2.57 bits per heavy atom. The Morgan fingerprint density at radius 1 is 1.17 bits per heavy atom. The van der Waals surface area contributed by atoms with Crippen molar-refractivity contribution in [1.29, 1.82) is 5.26 Å². The van der Waals surface area contributed by atoms with E-state index in [0.29, 0.717) is 56.2 Å². The van der Waals surface area contributed by atoms with Crippen LogP contribution in [0.1, 0.15) is 87.4 Å². The number of ether oxygens (including phenoxy) is 1. The van der Waals surface area contributed by atoms with E-state index in [1.165, 1.54) is 0 Å². The van der Waals surface area contributed by atoms with E-state index >= 15 is 0 Å². The summed E-state index contributed by atoms with van der Waals surface area (Å²) in [6, 6.07) is 9.42. The average molecular weight is 477 g/mol. The Kier molecular flexibility index (Phi) is 4.38. The molecule has 0 N–H and O–H groups in total. The number of alkyl halides is 1. The number of nitriles is 1. The first kappa shape index (κ1) is 21.5. The molecule has 8 heteroatoms. The van der Waals surface area contributed by atoms with Gasteiger partial charge in [0.2, 0.25) is 5.91 Å². The Bertz CT molecular complexity index is 1200. The summed E-state index contributed by atoms with van der Waals surface area (Å²) in [7, 11) is 0. The summed E-state index contributed by atoms with van der Waals surface area (Å²) in [6.45, 7) is 1.05. The third-order valence-electron chi connectivity index (χ3n) is 9.23. The van der Waals surface area contributed by atoms with Crippen LogP contribution < -0.4 is 4.90 Å². The number of hydrogen-bond donors (Lipinski definition) is 0. The summed E-state index contributed by atoms with van der Waals surface area (Å²) in [5.74, 6) is 1.86. The molecule has 35 heavy (non-hydrogen) atoms. The van der Waals surface area contributed by atoms with Gasteiger partial charge in [-0.1, -0.05) is 11.2 Å². The molecule has 3 heterocycles. The van der Waals surface area contributed by atoms with Gasteiger partial charge in [-0.15, -0.1) is 0 Å². The van der Waals surface area contributed by atoms with E-state index in [-0.39, 0.29) is 16.7 Å². The minimum absolute atomic E-state index is 0.0181. The molecule has 2 saturated heterocycles. The monoisotopic (exact) mass is 476 g/mol. The standard InChI is InChI=1S/C27H29FN4O3/c28-26-13-25(14-26,15-26)11-21(33)32(20-3-1-2-18(10-20)12-29)16-24-6-8-27(9-7-24,34-17-24)23-30-22(31-35-23)19-4-5-19/h1-3,10,19H,4-9,11,13-17H2. The van der Waals surface area contributed by atoms with Gasteiger partial charge in [-0.2, -0.15) is 10.2 Å². The molecule has 0 atom stereocenters. The molecule has 5 aliphatic carbocycles. The van der Waals surface area contributed by atoms with Gasteiger partial charge in [0.05, 0.1) is 18.2 Å². The molecule has 1 amide bonds. The Balaban J connectivity index is 1.11. The van der Waals surface area contributed by atoms with Crippen molar-refractivity contribution in [3.05, 3.63) is 41.5 Å². The van der Waals surface area contributed by atoms with E-state index in [4.69, 9.17) is 9.26 Å². The minimum atomic E-state index is -1.03. The van der Waals surface area contributed by atoms with Gasteiger partial charge >= 0.3 is 0 Å². The zero-order valence-electron chi connectivity index (χ0n) is 19.8. The summed E-state index contributed by atoms with van der Waals surface area (Å²) in [4.78, 5) is 20.1. The molecule has 0 radical (unpaired) electrons. The van der Waals surface area contributed by atoms with E-state index in [1.807, 2.05) is 17.0 Å². The third-order valence-corrected chi connectivity index (χ3v) is 9.23. The molecule has 0 unspecified atom stereocenters. The fraction of sp³-hybridized carbons (Fsp3) is 0.630. The van der Waals surface area contributed by atoms with E-state index in [9.17, 15) is 14.4 Å². The molecule has 1 aromatic carbocycles. The number of nitrogens with zero attached hydrogens (tertiary/aromatic N) is 4. The number of benzene rings is 1. The Labute approximate surface area is 203 Å². The number of fused-ring (bicyclic) bond motifs is 3. The first-order valence-electron chi connectivity index (χ1n) is 12.8. The van der Waals surface area contributed by atoms with Gasteiger partial charge in [0, 0.05) is 30.0 Å². The van der Waals surface area contributed by atoms with Crippen molar-refractivity contribution in [2.24, 2.45) is 10.8 Å². The predicted molar refractivity (Wildman–Crippen MR) is 123 cm³/mol. The molecule has 0 spiro atoms. The number of aromatic nitrogens is 2. The van der Waals surface area contributed by atoms with Crippen molar-refractivity contribution >= 4 is 11.6 Å². The van der Waals surface area contributed by atoms with Crippen LogP contribution in [-0.4, -0.2) is 34.9 Å². The molecule has 5 saturated carbocycles. The summed E-state index contributed by atoms with van der Waals surface area (Å²) >= 11 is 0. The highest BCUT2D eigenvalue weighted by molar-refractivity contribution is 5.94. The van der Waals surface area contributed by atoms with Gasteiger partial charge in [-0.3, -0.25) is 4.79 Å². The Morgan fingerprint density at radius 2 is 1.94 bits per heavy atom. The molecule has 4 bridgehead atoms. The summed E-state index contributed by atoms with van der Waals surface area (Å²) < 4.78 is 26.2. The highest BCUT2D eigenvalue weighted by Crippen LogP contribution is 2.71. The lowest BCUT2D eigenvalue weighted by atomic mass is 9.41. The largest absolute Gasteiger partial charge is 0.364 e. The lowest BCUT2D eigenvalue weighted by molar-refractivity contribution is -0.215. The van der Waals surface area contributed by atoms with Crippen molar-refractivity contribution in [2.45, 2.75) is 81.4 Å². The van der Waals surface area contributed by atoms with Gasteiger partial charge < -0.3 is 14.2 Å². The van der Waals surface area contributed by atoms with Crippen LogP contribution in [0.15, 0.2) is 28.8 Å². The van der Waals surface area contributed by atoms with Crippen LogP contribution in [0.2, 0.25) is 0 Å². The number of amides is 1. The molecule has 2 aliphatic heterocycles. The second-order valence-electron chi connectivity index (χ2n) is 12.0. The van der Waals surface area contributed by atoms with E-state index < -0.39 is 11.3 Å². The molecule has 182 valence electrons. The number of halogens is 1. The molecular weight excluding hydrogens is 447 g/mol. The average Bonchev–Trinajstić information content (AvgIpc) is 3.57. The summed E-state index contributed by atoms with van der Waals surface area (Å²) in [5.41, 5.74) is -0.618. The summed E-state index contributed by atoms with van der Waals surface area (Å²) in [5, 5.41) is 13.6. The molecule has 7 fully saturated rings. The van der Waals surface area contributed by atoms with Crippen LogP contribution in [0.5, 0.6) is 0 Å². The van der Waals surface area contributed by atoms with Gasteiger partial charge in [0.15, 0.2) is 5.82 Å². The molecule has 2 aromatic rings. The predicted octanol–water partition coefficient (Wildman–Crippen LogP) is 4.92. The van der Waals surface area contributed by atoms with Crippen LogP contribution in [0.25, 0.3) is 0 Å². The van der Waals surface area contributed by atoms with Crippen LogP contribution in [0.3, 0.4) is 0 Å². The maximum absolute atomic E-state index is 14.1. The van der Waals surface area contributed by atoms with Crippen LogP contribution in [0, 0.1) is 22.2 Å². The lowest BCUT2D eigenvalue weighted by Gasteiger charge is -2.66. The maximum Gasteiger partial charge on any atom is 0.258 e. The first-order chi connectivity index (χ1) is 16.8. The van der Waals surface area contributed by atoms with E-state index in [2.05, 4.69) is 16.2 Å². The second-order valence-corrected chi connectivity index (χ2v) is 12.0. The molecule has 7 nitrogen and oxygen atoms in total. The smallest absolute Gasteiger partial charge is 0.258 e. The fourth-order valence-corrected chi connectivity index (χ4v) is 7.04. The molecule has 7 aliphatic rings. The normalized spacial score (nSPS) is 36.7. The van der Waals surface area contributed by atoms with E-state index in [0.717, 1.165) is 50.0 Å². The molecular formula is C27H29FN4O3. The summed E-state index contributed by atoms with van der Waals surface area (Å²) in [6.07, 6.45) is 7.48. The minimum Gasteiger partial charge on any atom is -0.364 e. The number of hydrogen-bond acceptors (Lipinski definition) is 6. The van der Waals surface area contributed by atoms with Gasteiger partial charge in [-0.05, 0) is 81.4 Å². The van der Waals surface area contributed by atoms with Crippen LogP contribution in [-0.2, 0) is 15.1 Å². The van der Waals surface area contributed by atoms with Crippen molar-refractivity contribution in [2.75, 3.05) is 18.1 Å². The fourth-order valence-electron chi connectivity index (χ4n) is 7.04. The van der Waals surface area contributed by atoms with Crippen molar-refractivity contribution in [1.82, 2.24) is 10.1 Å². The van der Waals surface area contributed by atoms with Gasteiger partial charge in [-0.25, -0.2) is 4.39 Å². The zero-order valence-corrected chi connectivity index (χ0v) is 19.8. The highest BCUT2D eigenvalue weighted by atomic mass is 19.1. The zero-order chi connectivity index (χ0) is 23.9. The number of carbonyl (C=O) groups is 1. The SMILES string of the molecule is N#Cc1cccc(N(CC23CCC(c4nc(C5CC5)no4)(CC2)OC3)C(=O)CC23CC(F)(C2)C3)c1. The number of carbonyl (C=O) groups excluding carboxylic acids is 1. The van der Waals surface area contributed by atoms with Crippen molar-refractivity contribution in [3.63, 3.8) is 0 Å². The number of anilines is 1. The molecule has 9 rings (SSSR count).